The molecule has 0 spiro atoms. The predicted molar refractivity (Wildman–Crippen MR) is 99.4 cm³/mol. The van der Waals surface area contributed by atoms with Gasteiger partial charge in [0.05, 0.1) is 19.3 Å². The van der Waals surface area contributed by atoms with Crippen LogP contribution in [0.25, 0.3) is 0 Å². The minimum atomic E-state index is -1.13. The first-order chi connectivity index (χ1) is 11.9. The fourth-order valence-electron chi connectivity index (χ4n) is 2.33. The molecule has 0 fully saturated rings. The molecule has 25 heavy (non-hydrogen) atoms. The first-order valence-corrected chi connectivity index (χ1v) is 8.40. The summed E-state index contributed by atoms with van der Waals surface area (Å²) in [5, 5.41) is 16.0. The molecule has 1 atom stereocenters. The van der Waals surface area contributed by atoms with Gasteiger partial charge in [-0.3, -0.25) is 0 Å². The highest BCUT2D eigenvalue weighted by atomic mass is 16.5. The molecule has 0 heterocycles. The van der Waals surface area contributed by atoms with E-state index in [1.807, 2.05) is 68.4 Å². The van der Waals surface area contributed by atoms with E-state index in [2.05, 4.69) is 10.6 Å². The molecule has 0 bridgehead atoms. The number of hydrogen-bond donors (Lipinski definition) is 3. The van der Waals surface area contributed by atoms with Crippen molar-refractivity contribution in [3.05, 3.63) is 65.7 Å². The molecule has 2 aromatic rings. The maximum absolute atomic E-state index is 12.1. The first-order valence-electron chi connectivity index (χ1n) is 8.40. The van der Waals surface area contributed by atoms with Gasteiger partial charge in [-0.05, 0) is 44.0 Å². The monoisotopic (exact) mass is 342 g/mol. The second-order valence-electron chi connectivity index (χ2n) is 6.51. The molecule has 2 aromatic carbocycles. The van der Waals surface area contributed by atoms with E-state index in [4.69, 9.17) is 4.74 Å². The van der Waals surface area contributed by atoms with E-state index < -0.39 is 5.60 Å². The van der Waals surface area contributed by atoms with Crippen LogP contribution in [0.2, 0.25) is 0 Å². The summed E-state index contributed by atoms with van der Waals surface area (Å²) >= 11 is 0. The zero-order chi connectivity index (χ0) is 18.3. The van der Waals surface area contributed by atoms with E-state index in [0.717, 1.165) is 11.1 Å². The fraction of sp³-hybridized carbons (Fsp3) is 0.350. The Morgan fingerprint density at radius 3 is 2.56 bits per heavy atom. The Bertz CT molecular complexity index is 684. The first kappa shape index (κ1) is 19.0. The Morgan fingerprint density at radius 1 is 1.16 bits per heavy atom. The van der Waals surface area contributed by atoms with Crippen LogP contribution < -0.4 is 10.6 Å². The molecule has 134 valence electrons. The van der Waals surface area contributed by atoms with Gasteiger partial charge in [0.2, 0.25) is 0 Å². The van der Waals surface area contributed by atoms with Crippen LogP contribution in [-0.4, -0.2) is 23.8 Å². The Morgan fingerprint density at radius 2 is 1.88 bits per heavy atom. The number of nitrogens with one attached hydrogen (secondary N) is 2. The molecule has 0 saturated carbocycles. The minimum absolute atomic E-state index is 0.110. The van der Waals surface area contributed by atoms with Crippen molar-refractivity contribution in [2.45, 2.75) is 39.1 Å². The average Bonchev–Trinajstić information content (AvgIpc) is 2.59. The molecule has 0 aliphatic rings. The maximum atomic E-state index is 12.1. The second kappa shape index (κ2) is 8.65. The zero-order valence-electron chi connectivity index (χ0n) is 15.0. The van der Waals surface area contributed by atoms with Gasteiger partial charge >= 0.3 is 6.03 Å². The third-order valence-electron chi connectivity index (χ3n) is 3.76. The summed E-state index contributed by atoms with van der Waals surface area (Å²) in [5.74, 6) is 0. The highest BCUT2D eigenvalue weighted by Gasteiger charge is 2.23. The standard InChI is InChI=1S/C20H26N2O3/c1-15(2)25-13-16-8-7-11-18(12-16)22-19(23)21-14-20(3,24)17-9-5-4-6-10-17/h4-12,15,24H,13-14H2,1-3H3,(H2,21,22,23)/t20-/m0/s1. The van der Waals surface area contributed by atoms with E-state index in [0.29, 0.717) is 12.3 Å². The lowest BCUT2D eigenvalue weighted by Gasteiger charge is -2.24. The normalized spacial score (nSPS) is 13.3. The third kappa shape index (κ3) is 6.21. The molecule has 0 aliphatic carbocycles. The predicted octanol–water partition coefficient (Wildman–Crippen LogP) is 3.64. The Kier molecular flexibility index (Phi) is 6.56. The summed E-state index contributed by atoms with van der Waals surface area (Å²) in [6.45, 7) is 6.24. The molecule has 5 heteroatoms. The van der Waals surface area contributed by atoms with Crippen LogP contribution in [0, 0.1) is 0 Å². The smallest absolute Gasteiger partial charge is 0.319 e. The van der Waals surface area contributed by atoms with Crippen molar-refractivity contribution in [1.29, 1.82) is 0 Å². The lowest BCUT2D eigenvalue weighted by atomic mass is 9.96. The fourth-order valence-corrected chi connectivity index (χ4v) is 2.33. The van der Waals surface area contributed by atoms with Gasteiger partial charge in [0.25, 0.3) is 0 Å². The summed E-state index contributed by atoms with van der Waals surface area (Å²) in [4.78, 5) is 12.1. The van der Waals surface area contributed by atoms with Crippen molar-refractivity contribution in [1.82, 2.24) is 5.32 Å². The summed E-state index contributed by atoms with van der Waals surface area (Å²) in [6.07, 6.45) is 0.153. The van der Waals surface area contributed by atoms with Crippen LogP contribution in [0.1, 0.15) is 31.9 Å². The van der Waals surface area contributed by atoms with Crippen molar-refractivity contribution >= 4 is 11.7 Å². The highest BCUT2D eigenvalue weighted by Crippen LogP contribution is 2.19. The van der Waals surface area contributed by atoms with E-state index in [-0.39, 0.29) is 18.7 Å². The minimum Gasteiger partial charge on any atom is -0.384 e. The number of urea groups is 1. The molecule has 3 N–H and O–H groups in total. The maximum Gasteiger partial charge on any atom is 0.319 e. The average molecular weight is 342 g/mol. The van der Waals surface area contributed by atoms with E-state index in [1.54, 1.807) is 6.92 Å². The second-order valence-corrected chi connectivity index (χ2v) is 6.51. The van der Waals surface area contributed by atoms with E-state index >= 15 is 0 Å². The van der Waals surface area contributed by atoms with Gasteiger partial charge in [-0.1, -0.05) is 42.5 Å². The van der Waals surface area contributed by atoms with Crippen LogP contribution in [0.15, 0.2) is 54.6 Å². The third-order valence-corrected chi connectivity index (χ3v) is 3.76. The van der Waals surface area contributed by atoms with Crippen LogP contribution >= 0.6 is 0 Å². The number of carbonyl (C=O) groups is 1. The van der Waals surface area contributed by atoms with Gasteiger partial charge in [0, 0.05) is 5.69 Å². The number of benzene rings is 2. The molecular weight excluding hydrogens is 316 g/mol. The molecule has 0 saturated heterocycles. The van der Waals surface area contributed by atoms with Gasteiger partial charge in [0.15, 0.2) is 0 Å². The molecule has 2 amide bonds. The summed E-state index contributed by atoms with van der Waals surface area (Å²) in [6, 6.07) is 16.4. The van der Waals surface area contributed by atoms with Gasteiger partial charge in [-0.15, -0.1) is 0 Å². The van der Waals surface area contributed by atoms with E-state index in [1.165, 1.54) is 0 Å². The van der Waals surface area contributed by atoms with Gasteiger partial charge in [-0.2, -0.15) is 0 Å². The van der Waals surface area contributed by atoms with Crippen LogP contribution in [0.5, 0.6) is 0 Å². The molecule has 2 rings (SSSR count). The van der Waals surface area contributed by atoms with Crippen molar-refractivity contribution in [3.63, 3.8) is 0 Å². The number of carbonyl (C=O) groups excluding carboxylic acids is 1. The topological polar surface area (TPSA) is 70.6 Å². The van der Waals surface area contributed by atoms with Crippen LogP contribution in [-0.2, 0) is 16.9 Å². The zero-order valence-corrected chi connectivity index (χ0v) is 15.0. The van der Waals surface area contributed by atoms with E-state index in [9.17, 15) is 9.90 Å². The molecule has 0 radical (unpaired) electrons. The number of hydrogen-bond acceptors (Lipinski definition) is 3. The van der Waals surface area contributed by atoms with Crippen molar-refractivity contribution < 1.29 is 14.6 Å². The Balaban J connectivity index is 1.89. The summed E-state index contributed by atoms with van der Waals surface area (Å²) in [5.41, 5.74) is 1.29. The quantitative estimate of drug-likeness (QED) is 0.719. The highest BCUT2D eigenvalue weighted by molar-refractivity contribution is 5.89. The molecule has 0 aromatic heterocycles. The Hall–Kier alpha value is -2.37. The number of anilines is 1. The summed E-state index contributed by atoms with van der Waals surface area (Å²) < 4.78 is 5.57. The lowest BCUT2D eigenvalue weighted by Crippen LogP contribution is -2.40. The van der Waals surface area contributed by atoms with Crippen molar-refractivity contribution in [2.75, 3.05) is 11.9 Å². The molecular formula is C20H26N2O3. The van der Waals surface area contributed by atoms with Gasteiger partial charge in [-0.25, -0.2) is 4.79 Å². The number of aliphatic hydroxyl groups is 1. The van der Waals surface area contributed by atoms with Gasteiger partial charge in [0.1, 0.15) is 5.60 Å². The molecule has 0 unspecified atom stereocenters. The van der Waals surface area contributed by atoms with Crippen molar-refractivity contribution in [3.8, 4) is 0 Å². The molecule has 0 aliphatic heterocycles. The molecule has 5 nitrogen and oxygen atoms in total. The van der Waals surface area contributed by atoms with Crippen molar-refractivity contribution in [2.24, 2.45) is 0 Å². The number of amides is 2. The largest absolute Gasteiger partial charge is 0.384 e. The Labute approximate surface area is 149 Å². The number of rotatable bonds is 7. The van der Waals surface area contributed by atoms with Crippen LogP contribution in [0.4, 0.5) is 10.5 Å². The number of ether oxygens (including phenoxy) is 1. The van der Waals surface area contributed by atoms with Crippen LogP contribution in [0.3, 0.4) is 0 Å². The SMILES string of the molecule is CC(C)OCc1cccc(NC(=O)NC[C@](C)(O)c2ccccc2)c1. The lowest BCUT2D eigenvalue weighted by molar-refractivity contribution is 0.0599. The summed E-state index contributed by atoms with van der Waals surface area (Å²) in [7, 11) is 0. The van der Waals surface area contributed by atoms with Gasteiger partial charge < -0.3 is 20.5 Å².